The third-order valence-electron chi connectivity index (χ3n) is 5.09. The molecule has 3 atom stereocenters. The Hall–Kier alpha value is -1.62. The molecule has 0 fully saturated rings. The minimum Gasteiger partial charge on any atom is -0.451 e. The molecule has 0 aromatic carbocycles. The summed E-state index contributed by atoms with van der Waals surface area (Å²) in [7, 11) is -5.55. The van der Waals surface area contributed by atoms with Crippen LogP contribution in [-0.4, -0.2) is 85.7 Å². The number of thiophene rings is 1. The summed E-state index contributed by atoms with van der Waals surface area (Å²) in [4.78, 5) is 24.2. The summed E-state index contributed by atoms with van der Waals surface area (Å²) < 4.78 is 69.5. The Kier molecular flexibility index (Phi) is 10.00. The van der Waals surface area contributed by atoms with E-state index in [-0.39, 0.29) is 21.5 Å². The van der Waals surface area contributed by atoms with E-state index in [9.17, 15) is 26.4 Å². The molecular formula is C19H31N3O9S3. The zero-order valence-electron chi connectivity index (χ0n) is 19.7. The summed E-state index contributed by atoms with van der Waals surface area (Å²) in [5, 5.41) is 3.18. The molecule has 0 radical (unpaired) electrons. The minimum absolute atomic E-state index is 0.0941. The Morgan fingerprint density at radius 2 is 1.94 bits per heavy atom. The number of hydrogen-bond donors (Lipinski definition) is 2. The van der Waals surface area contributed by atoms with Crippen molar-refractivity contribution in [3.8, 4) is 0 Å². The number of ether oxygens (including phenoxy) is 3. The summed E-state index contributed by atoms with van der Waals surface area (Å²) in [6.07, 6.45) is -1.87. The zero-order valence-corrected chi connectivity index (χ0v) is 22.1. The second-order valence-electron chi connectivity index (χ2n) is 7.55. The third-order valence-corrected chi connectivity index (χ3v) is 10.5. The summed E-state index contributed by atoms with van der Waals surface area (Å²) in [5.41, 5.74) is 0.330. The van der Waals surface area contributed by atoms with Crippen LogP contribution in [-0.2, 0) is 43.8 Å². The van der Waals surface area contributed by atoms with Gasteiger partial charge in [0, 0.05) is 45.5 Å². The SMILES string of the molecule is CCN[C@H]1CN(CCCOC)S(=O)(=O)c2sc(S(=O)(=O)NC(=O)[C@H](C)OC(=O)[C@H](C)OC)cc21. The van der Waals surface area contributed by atoms with Gasteiger partial charge in [-0.1, -0.05) is 6.92 Å². The number of hydrogen-bond acceptors (Lipinski definition) is 11. The first-order chi connectivity index (χ1) is 15.9. The molecule has 1 aliphatic rings. The molecule has 1 amide bonds. The molecule has 2 heterocycles. The number of esters is 1. The van der Waals surface area contributed by atoms with Gasteiger partial charge in [-0.05, 0) is 32.9 Å². The van der Waals surface area contributed by atoms with Crippen LogP contribution >= 0.6 is 11.3 Å². The van der Waals surface area contributed by atoms with Crippen molar-refractivity contribution in [3.05, 3.63) is 11.6 Å². The van der Waals surface area contributed by atoms with Crippen molar-refractivity contribution in [2.24, 2.45) is 0 Å². The zero-order chi connectivity index (χ0) is 25.7. The lowest BCUT2D eigenvalue weighted by atomic mass is 10.1. The number of methoxy groups -OCH3 is 2. The quantitative estimate of drug-likeness (QED) is 0.277. The molecule has 0 spiro atoms. The smallest absolute Gasteiger partial charge is 0.335 e. The van der Waals surface area contributed by atoms with E-state index in [1.165, 1.54) is 38.4 Å². The van der Waals surface area contributed by atoms with Crippen LogP contribution in [0.15, 0.2) is 14.5 Å². The number of fused-ring (bicyclic) bond motifs is 1. The minimum atomic E-state index is -4.42. The van der Waals surface area contributed by atoms with Gasteiger partial charge in [-0.3, -0.25) is 4.79 Å². The van der Waals surface area contributed by atoms with Gasteiger partial charge >= 0.3 is 5.97 Å². The molecule has 0 aliphatic carbocycles. The van der Waals surface area contributed by atoms with Crippen molar-refractivity contribution < 1.29 is 40.6 Å². The highest BCUT2D eigenvalue weighted by atomic mass is 32.3. The first kappa shape index (κ1) is 28.6. The fraction of sp³-hybridized carbons (Fsp3) is 0.684. The molecule has 1 aromatic rings. The van der Waals surface area contributed by atoms with Crippen molar-refractivity contribution in [1.82, 2.24) is 14.3 Å². The maximum Gasteiger partial charge on any atom is 0.335 e. The number of sulfonamides is 2. The lowest BCUT2D eigenvalue weighted by Gasteiger charge is -2.32. The van der Waals surface area contributed by atoms with Gasteiger partial charge in [-0.2, -0.15) is 4.31 Å². The maximum absolute atomic E-state index is 13.1. The van der Waals surface area contributed by atoms with E-state index >= 15 is 0 Å². The number of carbonyl (C=O) groups excluding carboxylic acids is 2. The Balaban J connectivity index is 2.30. The molecular weight excluding hydrogens is 510 g/mol. The second kappa shape index (κ2) is 11.9. The van der Waals surface area contributed by atoms with Gasteiger partial charge < -0.3 is 19.5 Å². The van der Waals surface area contributed by atoms with E-state index in [0.717, 1.165) is 0 Å². The van der Waals surface area contributed by atoms with E-state index < -0.39 is 50.2 Å². The van der Waals surface area contributed by atoms with Crippen molar-refractivity contribution in [2.45, 2.75) is 53.9 Å². The number of amides is 1. The molecule has 1 aliphatic heterocycles. The van der Waals surface area contributed by atoms with Gasteiger partial charge in [0.2, 0.25) is 0 Å². The van der Waals surface area contributed by atoms with Gasteiger partial charge in [-0.15, -0.1) is 11.3 Å². The van der Waals surface area contributed by atoms with Crippen LogP contribution in [0.1, 0.15) is 38.8 Å². The van der Waals surface area contributed by atoms with E-state index in [4.69, 9.17) is 14.2 Å². The monoisotopic (exact) mass is 541 g/mol. The van der Waals surface area contributed by atoms with Crippen LogP contribution in [0.4, 0.5) is 0 Å². The Morgan fingerprint density at radius 1 is 1.26 bits per heavy atom. The normalized spacial score (nSPS) is 19.7. The molecule has 194 valence electrons. The molecule has 34 heavy (non-hydrogen) atoms. The molecule has 1 aromatic heterocycles. The Bertz CT molecular complexity index is 1090. The number of nitrogens with one attached hydrogen (secondary N) is 2. The topological polar surface area (TPSA) is 157 Å². The van der Waals surface area contributed by atoms with E-state index in [1.807, 2.05) is 11.6 Å². The number of carbonyl (C=O) groups is 2. The largest absolute Gasteiger partial charge is 0.451 e. The lowest BCUT2D eigenvalue weighted by Crippen LogP contribution is -2.43. The molecule has 0 bridgehead atoms. The average molecular weight is 542 g/mol. The standard InChI is InChI=1S/C19H31N3O9S3/c1-6-20-15-11-22(8-7-9-29-4)34(27,28)19-14(15)10-16(32-19)33(25,26)21-17(23)12(2)31-18(24)13(3)30-5/h10,12-13,15,20H,6-9,11H2,1-5H3,(H,21,23)/t12-,13-,15-/m0/s1. The summed E-state index contributed by atoms with van der Waals surface area (Å²) >= 11 is 0.567. The van der Waals surface area contributed by atoms with Crippen LogP contribution in [0.3, 0.4) is 0 Å². The molecule has 0 saturated heterocycles. The highest BCUT2D eigenvalue weighted by Gasteiger charge is 2.40. The summed E-state index contributed by atoms with van der Waals surface area (Å²) in [5.74, 6) is -1.91. The Labute approximate surface area is 204 Å². The molecule has 0 unspecified atom stereocenters. The van der Waals surface area contributed by atoms with Crippen molar-refractivity contribution >= 4 is 43.3 Å². The van der Waals surface area contributed by atoms with Gasteiger partial charge in [0.15, 0.2) is 12.2 Å². The average Bonchev–Trinajstić information content (AvgIpc) is 3.24. The number of likely N-dealkylation sites (N-methyl/N-ethyl adjacent to an activating group) is 1. The van der Waals surface area contributed by atoms with Crippen molar-refractivity contribution in [3.63, 3.8) is 0 Å². The highest BCUT2D eigenvalue weighted by Crippen LogP contribution is 2.40. The molecule has 2 N–H and O–H groups in total. The predicted molar refractivity (Wildman–Crippen MR) is 123 cm³/mol. The fourth-order valence-corrected chi connectivity index (χ4v) is 8.09. The van der Waals surface area contributed by atoms with Crippen LogP contribution in [0.5, 0.6) is 0 Å². The highest BCUT2D eigenvalue weighted by molar-refractivity contribution is 7.94. The van der Waals surface area contributed by atoms with Gasteiger partial charge in [0.05, 0.1) is 0 Å². The van der Waals surface area contributed by atoms with E-state index in [1.54, 1.807) is 0 Å². The fourth-order valence-electron chi connectivity index (χ4n) is 3.16. The maximum atomic E-state index is 13.1. The first-order valence-corrected chi connectivity index (χ1v) is 14.3. The van der Waals surface area contributed by atoms with Gasteiger partial charge in [0.25, 0.3) is 26.0 Å². The summed E-state index contributed by atoms with van der Waals surface area (Å²) in [6.45, 7) is 5.76. The van der Waals surface area contributed by atoms with Crippen molar-refractivity contribution in [2.75, 3.05) is 40.5 Å². The lowest BCUT2D eigenvalue weighted by molar-refractivity contribution is -0.163. The second-order valence-corrected chi connectivity index (χ2v) is 12.6. The number of rotatable bonds is 12. The van der Waals surface area contributed by atoms with Crippen molar-refractivity contribution in [1.29, 1.82) is 0 Å². The van der Waals surface area contributed by atoms with Gasteiger partial charge in [-0.25, -0.2) is 26.4 Å². The van der Waals surface area contributed by atoms with Crippen LogP contribution < -0.4 is 10.0 Å². The predicted octanol–water partition coefficient (Wildman–Crippen LogP) is 0.211. The van der Waals surface area contributed by atoms with Gasteiger partial charge in [0.1, 0.15) is 8.42 Å². The molecule has 15 heteroatoms. The molecule has 0 saturated carbocycles. The van der Waals surface area contributed by atoms with E-state index in [0.29, 0.717) is 36.5 Å². The summed E-state index contributed by atoms with van der Waals surface area (Å²) in [6, 6.07) is 0.841. The number of nitrogens with zero attached hydrogens (tertiary/aromatic N) is 1. The first-order valence-electron chi connectivity index (χ1n) is 10.5. The van der Waals surface area contributed by atoms with Crippen LogP contribution in [0.2, 0.25) is 0 Å². The third kappa shape index (κ3) is 6.53. The van der Waals surface area contributed by atoms with E-state index in [2.05, 4.69) is 5.32 Å². The van der Waals surface area contributed by atoms with Crippen LogP contribution in [0.25, 0.3) is 0 Å². The van der Waals surface area contributed by atoms with Crippen LogP contribution in [0, 0.1) is 0 Å². The molecule has 12 nitrogen and oxygen atoms in total. The Morgan fingerprint density at radius 3 is 2.53 bits per heavy atom. The molecule has 2 rings (SSSR count).